The van der Waals surface area contributed by atoms with Crippen molar-refractivity contribution in [1.82, 2.24) is 4.90 Å². The maximum Gasteiger partial charge on any atom is 0.278 e. The Labute approximate surface area is 158 Å². The van der Waals surface area contributed by atoms with E-state index >= 15 is 0 Å². The first-order valence-electron chi connectivity index (χ1n) is 7.89. The Kier molecular flexibility index (Phi) is 5.49. The first-order chi connectivity index (χ1) is 12.5. The molecule has 0 radical (unpaired) electrons. The van der Waals surface area contributed by atoms with Gasteiger partial charge in [-0.25, -0.2) is 4.39 Å². The number of hydrogen-bond acceptors (Lipinski definition) is 4. The van der Waals surface area contributed by atoms with E-state index < -0.39 is 17.6 Å². The molecule has 1 aliphatic heterocycles. The quantitative estimate of drug-likeness (QED) is 0.730. The number of halogens is 2. The van der Waals surface area contributed by atoms with Crippen molar-refractivity contribution >= 4 is 39.0 Å². The van der Waals surface area contributed by atoms with Crippen LogP contribution in [0.25, 0.3) is 5.57 Å². The molecule has 1 N–H and O–H groups in total. The maximum absolute atomic E-state index is 13.3. The second-order valence-corrected chi connectivity index (χ2v) is 6.56. The van der Waals surface area contributed by atoms with Gasteiger partial charge in [-0.05, 0) is 35.9 Å². The molecule has 2 amide bonds. The lowest BCUT2D eigenvalue weighted by Crippen LogP contribution is -2.35. The van der Waals surface area contributed by atoms with Gasteiger partial charge in [0.1, 0.15) is 11.5 Å². The van der Waals surface area contributed by atoms with Crippen LogP contribution >= 0.6 is 15.9 Å². The highest BCUT2D eigenvalue weighted by molar-refractivity contribution is 9.10. The van der Waals surface area contributed by atoms with E-state index in [1.807, 2.05) is 12.1 Å². The van der Waals surface area contributed by atoms with E-state index in [4.69, 9.17) is 4.74 Å². The van der Waals surface area contributed by atoms with Crippen LogP contribution in [0.15, 0.2) is 58.7 Å². The number of ether oxygens (including phenoxy) is 1. The first-order valence-corrected chi connectivity index (χ1v) is 8.68. The molecule has 5 nitrogen and oxygen atoms in total. The predicted molar refractivity (Wildman–Crippen MR) is 99.7 cm³/mol. The summed E-state index contributed by atoms with van der Waals surface area (Å²) in [6.45, 7) is 0.376. The molecule has 0 aromatic heterocycles. The van der Waals surface area contributed by atoms with Gasteiger partial charge in [-0.15, -0.1) is 0 Å². The Hall–Kier alpha value is -2.51. The lowest BCUT2D eigenvalue weighted by molar-refractivity contribution is -0.137. The number of carbonyl (C=O) groups excluding carboxylic acids is 2. The molecule has 0 spiro atoms. The van der Waals surface area contributed by atoms with E-state index in [0.717, 1.165) is 9.37 Å². The van der Waals surface area contributed by atoms with Crippen molar-refractivity contribution in [3.05, 3.63) is 70.1 Å². The van der Waals surface area contributed by atoms with E-state index in [1.165, 1.54) is 31.4 Å². The summed E-state index contributed by atoms with van der Waals surface area (Å²) >= 11 is 3.38. The Bertz CT molecular complexity index is 881. The SMILES string of the molecule is COCCN1C(=O)C(Nc2cccc(Br)c2)=C(c2ccc(F)cc2)C1=O. The molecular weight excluding hydrogens is 403 g/mol. The molecule has 0 saturated carbocycles. The first kappa shape index (κ1) is 18.3. The predicted octanol–water partition coefficient (Wildman–Crippen LogP) is 3.43. The minimum absolute atomic E-state index is 0.141. The van der Waals surface area contributed by atoms with Gasteiger partial charge in [0, 0.05) is 17.3 Å². The number of rotatable bonds is 6. The lowest BCUT2D eigenvalue weighted by Gasteiger charge is -2.14. The van der Waals surface area contributed by atoms with Crippen LogP contribution in [0.5, 0.6) is 0 Å². The van der Waals surface area contributed by atoms with Crippen LogP contribution in [0, 0.1) is 5.82 Å². The van der Waals surface area contributed by atoms with Gasteiger partial charge < -0.3 is 10.1 Å². The molecule has 26 heavy (non-hydrogen) atoms. The number of anilines is 1. The lowest BCUT2D eigenvalue weighted by atomic mass is 10.0. The number of methoxy groups -OCH3 is 1. The van der Waals surface area contributed by atoms with Crippen LogP contribution in [0.3, 0.4) is 0 Å². The van der Waals surface area contributed by atoms with Gasteiger partial charge in [0.2, 0.25) is 0 Å². The van der Waals surface area contributed by atoms with Crippen LogP contribution in [-0.2, 0) is 14.3 Å². The van der Waals surface area contributed by atoms with Crippen LogP contribution in [0.2, 0.25) is 0 Å². The number of carbonyl (C=O) groups is 2. The fourth-order valence-corrected chi connectivity index (χ4v) is 3.07. The van der Waals surface area contributed by atoms with Crippen molar-refractivity contribution in [2.75, 3.05) is 25.6 Å². The largest absolute Gasteiger partial charge is 0.383 e. The van der Waals surface area contributed by atoms with Crippen molar-refractivity contribution in [3.63, 3.8) is 0 Å². The Morgan fingerprint density at radius 3 is 2.50 bits per heavy atom. The molecule has 0 fully saturated rings. The van der Waals surface area contributed by atoms with Gasteiger partial charge in [0.05, 0.1) is 18.7 Å². The minimum atomic E-state index is -0.439. The van der Waals surface area contributed by atoms with Gasteiger partial charge in [-0.1, -0.05) is 34.1 Å². The molecule has 134 valence electrons. The third-order valence-electron chi connectivity index (χ3n) is 3.91. The smallest absolute Gasteiger partial charge is 0.278 e. The normalized spacial score (nSPS) is 14.3. The standard InChI is InChI=1S/C19H16BrFN2O3/c1-26-10-9-23-18(24)16(12-5-7-14(21)8-6-12)17(19(23)25)22-15-4-2-3-13(20)11-15/h2-8,11,22H,9-10H2,1H3. The number of amides is 2. The van der Waals surface area contributed by atoms with Crippen LogP contribution in [0.4, 0.5) is 10.1 Å². The third-order valence-corrected chi connectivity index (χ3v) is 4.41. The van der Waals surface area contributed by atoms with Crippen molar-refractivity contribution in [3.8, 4) is 0 Å². The van der Waals surface area contributed by atoms with E-state index in [0.29, 0.717) is 11.3 Å². The van der Waals surface area contributed by atoms with Crippen LogP contribution in [0.1, 0.15) is 5.56 Å². The second kappa shape index (κ2) is 7.80. The van der Waals surface area contributed by atoms with Crippen LogP contribution < -0.4 is 5.32 Å². The molecule has 0 bridgehead atoms. The highest BCUT2D eigenvalue weighted by atomic mass is 79.9. The summed E-state index contributed by atoms with van der Waals surface area (Å²) in [6, 6.07) is 12.7. The topological polar surface area (TPSA) is 58.6 Å². The average molecular weight is 419 g/mol. The van der Waals surface area contributed by atoms with Gasteiger partial charge in [-0.2, -0.15) is 0 Å². The number of hydrogen-bond donors (Lipinski definition) is 1. The molecule has 7 heteroatoms. The monoisotopic (exact) mass is 418 g/mol. The molecule has 1 heterocycles. The Morgan fingerprint density at radius 1 is 1.12 bits per heavy atom. The average Bonchev–Trinajstić information content (AvgIpc) is 2.84. The van der Waals surface area contributed by atoms with Crippen molar-refractivity contribution < 1.29 is 18.7 Å². The summed E-state index contributed by atoms with van der Waals surface area (Å²) in [5, 5.41) is 3.03. The van der Waals surface area contributed by atoms with Crippen molar-refractivity contribution in [2.24, 2.45) is 0 Å². The molecule has 0 aliphatic carbocycles. The molecule has 3 rings (SSSR count). The van der Waals surface area contributed by atoms with Gasteiger partial charge in [0.15, 0.2) is 0 Å². The van der Waals surface area contributed by atoms with E-state index in [9.17, 15) is 14.0 Å². The van der Waals surface area contributed by atoms with Gasteiger partial charge in [-0.3, -0.25) is 14.5 Å². The fourth-order valence-electron chi connectivity index (χ4n) is 2.67. The summed E-state index contributed by atoms with van der Waals surface area (Å²) in [5.74, 6) is -1.29. The molecular formula is C19H16BrFN2O3. The molecule has 0 atom stereocenters. The molecule has 0 unspecified atom stereocenters. The van der Waals surface area contributed by atoms with Crippen LogP contribution in [-0.4, -0.2) is 37.0 Å². The molecule has 0 saturated heterocycles. The zero-order valence-corrected chi connectivity index (χ0v) is 15.5. The van der Waals surface area contributed by atoms with Gasteiger partial charge >= 0.3 is 0 Å². The minimum Gasteiger partial charge on any atom is -0.383 e. The summed E-state index contributed by atoms with van der Waals surface area (Å²) < 4.78 is 19.1. The summed E-state index contributed by atoms with van der Waals surface area (Å²) in [5.41, 5.74) is 1.51. The zero-order valence-electron chi connectivity index (χ0n) is 14.0. The molecule has 2 aromatic carbocycles. The van der Waals surface area contributed by atoms with E-state index in [-0.39, 0.29) is 24.4 Å². The highest BCUT2D eigenvalue weighted by Gasteiger charge is 2.38. The Balaban J connectivity index is 2.03. The molecule has 1 aliphatic rings. The van der Waals surface area contributed by atoms with Crippen molar-refractivity contribution in [1.29, 1.82) is 0 Å². The number of nitrogens with one attached hydrogen (secondary N) is 1. The van der Waals surface area contributed by atoms with E-state index in [2.05, 4.69) is 21.2 Å². The summed E-state index contributed by atoms with van der Waals surface area (Å²) in [6.07, 6.45) is 0. The highest BCUT2D eigenvalue weighted by Crippen LogP contribution is 2.31. The number of nitrogens with zero attached hydrogens (tertiary/aromatic N) is 1. The summed E-state index contributed by atoms with van der Waals surface area (Å²) in [4.78, 5) is 26.8. The molecule has 2 aromatic rings. The van der Waals surface area contributed by atoms with Gasteiger partial charge in [0.25, 0.3) is 11.8 Å². The maximum atomic E-state index is 13.3. The van der Waals surface area contributed by atoms with Crippen molar-refractivity contribution in [2.45, 2.75) is 0 Å². The number of benzene rings is 2. The Morgan fingerprint density at radius 2 is 1.85 bits per heavy atom. The summed E-state index contributed by atoms with van der Waals surface area (Å²) in [7, 11) is 1.50. The van der Waals surface area contributed by atoms with E-state index in [1.54, 1.807) is 12.1 Å². The number of imide groups is 1. The second-order valence-electron chi connectivity index (χ2n) is 5.65. The fraction of sp³-hybridized carbons (Fsp3) is 0.158. The third kappa shape index (κ3) is 3.68. The zero-order chi connectivity index (χ0) is 18.7.